The van der Waals surface area contributed by atoms with Gasteiger partial charge in [-0.25, -0.2) is 0 Å². The van der Waals surface area contributed by atoms with E-state index in [0.717, 1.165) is 0 Å². The summed E-state index contributed by atoms with van der Waals surface area (Å²) in [5.41, 5.74) is 6.88. The number of carbonyl (C=O) groups is 1. The Labute approximate surface area is 128 Å². The molecule has 0 spiro atoms. The molecule has 108 valence electrons. The lowest BCUT2D eigenvalue weighted by Gasteiger charge is -2.09. The van der Waals surface area contributed by atoms with Crippen LogP contribution in [0.3, 0.4) is 0 Å². The van der Waals surface area contributed by atoms with Gasteiger partial charge in [0.15, 0.2) is 0 Å². The highest BCUT2D eigenvalue weighted by Crippen LogP contribution is 2.31. The molecule has 0 radical (unpaired) electrons. The van der Waals surface area contributed by atoms with Crippen LogP contribution < -0.4 is 11.1 Å². The van der Waals surface area contributed by atoms with Gasteiger partial charge in [0.2, 0.25) is 0 Å². The van der Waals surface area contributed by atoms with E-state index >= 15 is 0 Å². The molecule has 2 aromatic rings. The third-order valence-corrected chi connectivity index (χ3v) is 3.49. The Hall–Kier alpha value is -2.48. The fraction of sp³-hybridized carbons (Fsp3) is 0.0769. The fourth-order valence-corrected chi connectivity index (χ4v) is 2.30. The summed E-state index contributed by atoms with van der Waals surface area (Å²) in [5.74, 6) is -0.487. The van der Waals surface area contributed by atoms with Crippen LogP contribution in [0.1, 0.15) is 15.9 Å². The first-order valence-corrected chi connectivity index (χ1v) is 6.65. The average molecular weight is 351 g/mol. The maximum Gasteiger partial charge on any atom is 0.274 e. The SMILES string of the molecule is Cc1cc(Br)c(NC(=O)c2cnccc2N)cc1[N+](=O)[O-]. The standard InChI is InChI=1S/C13H11BrN4O3/c1-7-4-9(14)11(5-12(7)18(20)21)17-13(19)8-6-16-3-2-10(8)15/h2-6H,1H3,(H2,15,16)(H,17,19). The van der Waals surface area contributed by atoms with Crippen molar-refractivity contribution in [3.63, 3.8) is 0 Å². The van der Waals surface area contributed by atoms with Crippen molar-refractivity contribution in [2.75, 3.05) is 11.1 Å². The Morgan fingerprint density at radius 2 is 2.19 bits per heavy atom. The van der Waals surface area contributed by atoms with Crippen LogP contribution in [0, 0.1) is 17.0 Å². The van der Waals surface area contributed by atoms with Crippen molar-refractivity contribution < 1.29 is 9.72 Å². The first-order chi connectivity index (χ1) is 9.90. The molecule has 1 heterocycles. The zero-order valence-electron chi connectivity index (χ0n) is 11.0. The van der Waals surface area contributed by atoms with Gasteiger partial charge in [0, 0.05) is 34.2 Å². The summed E-state index contributed by atoms with van der Waals surface area (Å²) in [4.78, 5) is 26.4. The first-order valence-electron chi connectivity index (χ1n) is 5.85. The number of aryl methyl sites for hydroxylation is 1. The molecule has 0 aliphatic carbocycles. The molecule has 1 aromatic heterocycles. The number of nitro benzene ring substituents is 1. The Kier molecular flexibility index (Phi) is 4.18. The number of nitrogens with zero attached hydrogens (tertiary/aromatic N) is 2. The molecule has 0 saturated heterocycles. The van der Waals surface area contributed by atoms with Crippen LogP contribution in [-0.2, 0) is 0 Å². The first kappa shape index (κ1) is 14.9. The number of amides is 1. The topological polar surface area (TPSA) is 111 Å². The maximum atomic E-state index is 12.1. The molecular formula is C13H11BrN4O3. The second-order valence-electron chi connectivity index (χ2n) is 4.29. The van der Waals surface area contributed by atoms with Gasteiger partial charge in [-0.3, -0.25) is 19.9 Å². The van der Waals surface area contributed by atoms with Gasteiger partial charge in [-0.1, -0.05) is 0 Å². The Balaban J connectivity index is 2.36. The smallest absolute Gasteiger partial charge is 0.274 e. The molecule has 0 saturated carbocycles. The van der Waals surface area contributed by atoms with E-state index in [1.165, 1.54) is 24.5 Å². The second-order valence-corrected chi connectivity index (χ2v) is 5.15. The minimum atomic E-state index is -0.504. The number of hydrogen-bond donors (Lipinski definition) is 2. The lowest BCUT2D eigenvalue weighted by atomic mass is 10.1. The lowest BCUT2D eigenvalue weighted by molar-refractivity contribution is -0.385. The van der Waals surface area contributed by atoms with Crippen LogP contribution in [0.15, 0.2) is 35.1 Å². The van der Waals surface area contributed by atoms with Gasteiger partial charge in [-0.15, -0.1) is 0 Å². The molecule has 8 heteroatoms. The van der Waals surface area contributed by atoms with Crippen molar-refractivity contribution in [3.05, 3.63) is 56.3 Å². The van der Waals surface area contributed by atoms with Gasteiger partial charge >= 0.3 is 0 Å². The largest absolute Gasteiger partial charge is 0.398 e. The van der Waals surface area contributed by atoms with Gasteiger partial charge in [0.25, 0.3) is 11.6 Å². The molecule has 2 rings (SSSR count). The number of hydrogen-bond acceptors (Lipinski definition) is 5. The number of pyridine rings is 1. The highest BCUT2D eigenvalue weighted by molar-refractivity contribution is 9.10. The van der Waals surface area contributed by atoms with Crippen molar-refractivity contribution in [1.29, 1.82) is 0 Å². The number of aromatic nitrogens is 1. The highest BCUT2D eigenvalue weighted by atomic mass is 79.9. The quantitative estimate of drug-likeness (QED) is 0.652. The molecule has 0 fully saturated rings. The van der Waals surface area contributed by atoms with E-state index in [9.17, 15) is 14.9 Å². The number of anilines is 2. The molecule has 0 aliphatic heterocycles. The maximum absolute atomic E-state index is 12.1. The average Bonchev–Trinajstić information content (AvgIpc) is 2.41. The molecular weight excluding hydrogens is 340 g/mol. The lowest BCUT2D eigenvalue weighted by Crippen LogP contribution is -2.15. The molecule has 1 amide bonds. The molecule has 0 aliphatic rings. The zero-order valence-corrected chi connectivity index (χ0v) is 12.5. The number of rotatable bonds is 3. The number of nitro groups is 1. The summed E-state index contributed by atoms with van der Waals surface area (Å²) in [6.45, 7) is 1.62. The zero-order chi connectivity index (χ0) is 15.6. The Morgan fingerprint density at radius 1 is 1.48 bits per heavy atom. The summed E-state index contributed by atoms with van der Waals surface area (Å²) < 4.78 is 0.543. The number of nitrogens with two attached hydrogens (primary N) is 1. The molecule has 7 nitrogen and oxygen atoms in total. The molecule has 21 heavy (non-hydrogen) atoms. The predicted octanol–water partition coefficient (Wildman–Crippen LogP) is 2.90. The molecule has 3 N–H and O–H groups in total. The summed E-state index contributed by atoms with van der Waals surface area (Å²) in [7, 11) is 0. The van der Waals surface area contributed by atoms with Crippen LogP contribution in [0.4, 0.5) is 17.1 Å². The van der Waals surface area contributed by atoms with Crippen molar-refractivity contribution in [2.24, 2.45) is 0 Å². The summed E-state index contributed by atoms with van der Waals surface area (Å²) in [5, 5.41) is 13.5. The molecule has 1 aromatic carbocycles. The van der Waals surface area contributed by atoms with E-state index in [0.29, 0.717) is 15.7 Å². The van der Waals surface area contributed by atoms with Crippen LogP contribution in [-0.4, -0.2) is 15.8 Å². The Bertz CT molecular complexity index is 733. The predicted molar refractivity (Wildman–Crippen MR) is 82.1 cm³/mol. The summed E-state index contributed by atoms with van der Waals surface area (Å²) in [6, 6.07) is 4.37. The normalized spacial score (nSPS) is 10.2. The van der Waals surface area contributed by atoms with Gasteiger partial charge in [-0.2, -0.15) is 0 Å². The third kappa shape index (κ3) is 3.16. The second kappa shape index (κ2) is 5.88. The number of carbonyl (C=O) groups excluding carboxylic acids is 1. The summed E-state index contributed by atoms with van der Waals surface area (Å²) >= 11 is 3.27. The van der Waals surface area contributed by atoms with Crippen LogP contribution >= 0.6 is 15.9 Å². The van der Waals surface area contributed by atoms with Gasteiger partial charge in [0.05, 0.1) is 16.2 Å². The van der Waals surface area contributed by atoms with Crippen molar-refractivity contribution in [1.82, 2.24) is 4.98 Å². The number of nitrogen functional groups attached to an aromatic ring is 1. The van der Waals surface area contributed by atoms with Gasteiger partial charge in [0.1, 0.15) is 0 Å². The van der Waals surface area contributed by atoms with E-state index in [1.807, 2.05) is 0 Å². The van der Waals surface area contributed by atoms with Crippen LogP contribution in [0.2, 0.25) is 0 Å². The van der Waals surface area contributed by atoms with E-state index in [2.05, 4.69) is 26.2 Å². The number of benzene rings is 1. The monoisotopic (exact) mass is 350 g/mol. The van der Waals surface area contributed by atoms with E-state index < -0.39 is 10.8 Å². The number of halogens is 1. The van der Waals surface area contributed by atoms with Gasteiger partial charge < -0.3 is 11.1 Å². The Morgan fingerprint density at radius 3 is 2.81 bits per heavy atom. The third-order valence-electron chi connectivity index (χ3n) is 2.83. The molecule has 0 unspecified atom stereocenters. The minimum Gasteiger partial charge on any atom is -0.398 e. The van der Waals surface area contributed by atoms with E-state index in [-0.39, 0.29) is 16.9 Å². The molecule has 0 atom stereocenters. The van der Waals surface area contributed by atoms with Crippen LogP contribution in [0.25, 0.3) is 0 Å². The highest BCUT2D eigenvalue weighted by Gasteiger charge is 2.17. The van der Waals surface area contributed by atoms with E-state index in [4.69, 9.17) is 5.73 Å². The van der Waals surface area contributed by atoms with Gasteiger partial charge in [-0.05, 0) is 35.0 Å². The van der Waals surface area contributed by atoms with Crippen molar-refractivity contribution in [2.45, 2.75) is 6.92 Å². The van der Waals surface area contributed by atoms with Crippen molar-refractivity contribution in [3.8, 4) is 0 Å². The van der Waals surface area contributed by atoms with E-state index in [1.54, 1.807) is 13.0 Å². The molecule has 0 bridgehead atoms. The minimum absolute atomic E-state index is 0.0762. The fourth-order valence-electron chi connectivity index (χ4n) is 1.74. The van der Waals surface area contributed by atoms with Crippen LogP contribution in [0.5, 0.6) is 0 Å². The summed E-state index contributed by atoms with van der Waals surface area (Å²) in [6.07, 6.45) is 2.81. The number of nitrogens with one attached hydrogen (secondary N) is 1. The van der Waals surface area contributed by atoms with Crippen molar-refractivity contribution >= 4 is 38.9 Å².